The van der Waals surface area contributed by atoms with Gasteiger partial charge in [-0.2, -0.15) is 0 Å². The number of halogens is 1. The number of alkyl halides is 1. The van der Waals surface area contributed by atoms with Crippen molar-refractivity contribution in [3.8, 4) is 0 Å². The maximum Gasteiger partial charge on any atom is 0.00650 e. The molecule has 66 valence electrons. The summed E-state index contributed by atoms with van der Waals surface area (Å²) < 4.78 is 0. The highest BCUT2D eigenvalue weighted by Gasteiger charge is 2.47. The van der Waals surface area contributed by atoms with Crippen LogP contribution >= 0.6 is 15.9 Å². The minimum Gasteiger partial charge on any atom is -0.0925 e. The van der Waals surface area contributed by atoms with Crippen molar-refractivity contribution in [2.24, 2.45) is 11.3 Å². The third-order valence-electron chi connectivity index (χ3n) is 3.08. The van der Waals surface area contributed by atoms with Gasteiger partial charge in [-0.25, -0.2) is 0 Å². The molecule has 0 N–H and O–H groups in total. The molecule has 0 aromatic rings. The molecular formula is C10H19Br. The van der Waals surface area contributed by atoms with E-state index in [-0.39, 0.29) is 0 Å². The van der Waals surface area contributed by atoms with Gasteiger partial charge in [0.05, 0.1) is 0 Å². The molecule has 1 aliphatic rings. The van der Waals surface area contributed by atoms with Crippen molar-refractivity contribution in [1.29, 1.82) is 0 Å². The fourth-order valence-corrected chi connectivity index (χ4v) is 2.84. The van der Waals surface area contributed by atoms with Gasteiger partial charge in [0, 0.05) is 5.33 Å². The Kier molecular flexibility index (Phi) is 3.42. The van der Waals surface area contributed by atoms with Gasteiger partial charge in [0.1, 0.15) is 0 Å². The van der Waals surface area contributed by atoms with Gasteiger partial charge in [0.2, 0.25) is 0 Å². The number of rotatable bonds is 5. The van der Waals surface area contributed by atoms with Crippen LogP contribution in [0.1, 0.15) is 46.0 Å². The van der Waals surface area contributed by atoms with E-state index >= 15 is 0 Å². The van der Waals surface area contributed by atoms with Crippen molar-refractivity contribution in [1.82, 2.24) is 0 Å². The van der Waals surface area contributed by atoms with Crippen molar-refractivity contribution >= 4 is 15.9 Å². The first-order valence-electron chi connectivity index (χ1n) is 4.79. The van der Waals surface area contributed by atoms with Crippen molar-refractivity contribution in [2.75, 3.05) is 5.33 Å². The molecule has 0 amide bonds. The van der Waals surface area contributed by atoms with Gasteiger partial charge in [-0.15, -0.1) is 0 Å². The van der Waals surface area contributed by atoms with Crippen LogP contribution in [0.3, 0.4) is 0 Å². The quantitative estimate of drug-likeness (QED) is 0.484. The molecule has 0 aromatic heterocycles. The van der Waals surface area contributed by atoms with Crippen LogP contribution in [0.15, 0.2) is 0 Å². The second-order valence-corrected chi connectivity index (χ2v) is 4.81. The van der Waals surface area contributed by atoms with Crippen molar-refractivity contribution in [3.63, 3.8) is 0 Å². The van der Waals surface area contributed by atoms with Crippen LogP contribution in [0.5, 0.6) is 0 Å². The monoisotopic (exact) mass is 218 g/mol. The average molecular weight is 219 g/mol. The Balaban J connectivity index is 2.08. The highest BCUT2D eigenvalue weighted by molar-refractivity contribution is 9.09. The van der Waals surface area contributed by atoms with Crippen molar-refractivity contribution < 1.29 is 0 Å². The van der Waals surface area contributed by atoms with Gasteiger partial charge < -0.3 is 0 Å². The molecule has 0 radical (unpaired) electrons. The molecule has 0 saturated heterocycles. The SMILES string of the molecule is CCCCCC1(C)CC1CBr. The summed E-state index contributed by atoms with van der Waals surface area (Å²) >= 11 is 3.56. The van der Waals surface area contributed by atoms with Gasteiger partial charge in [-0.3, -0.25) is 0 Å². The maximum absolute atomic E-state index is 3.56. The summed E-state index contributed by atoms with van der Waals surface area (Å²) in [5, 5.41) is 1.22. The zero-order chi connectivity index (χ0) is 8.32. The van der Waals surface area contributed by atoms with Crippen LogP contribution < -0.4 is 0 Å². The Morgan fingerprint density at radius 3 is 2.64 bits per heavy atom. The molecule has 1 aliphatic carbocycles. The normalized spacial score (nSPS) is 35.7. The highest BCUT2D eigenvalue weighted by Crippen LogP contribution is 2.56. The lowest BCUT2D eigenvalue weighted by Crippen LogP contribution is -1.98. The first-order valence-corrected chi connectivity index (χ1v) is 5.91. The molecule has 0 spiro atoms. The molecule has 1 fully saturated rings. The largest absolute Gasteiger partial charge is 0.0925 e. The number of hydrogen-bond donors (Lipinski definition) is 0. The Morgan fingerprint density at radius 1 is 1.45 bits per heavy atom. The average Bonchev–Trinajstić information content (AvgIpc) is 2.63. The van der Waals surface area contributed by atoms with E-state index in [9.17, 15) is 0 Å². The minimum atomic E-state index is 0.721. The minimum absolute atomic E-state index is 0.721. The van der Waals surface area contributed by atoms with E-state index in [0.717, 1.165) is 11.3 Å². The van der Waals surface area contributed by atoms with Crippen LogP contribution in [0.4, 0.5) is 0 Å². The van der Waals surface area contributed by atoms with Crippen molar-refractivity contribution in [2.45, 2.75) is 46.0 Å². The second kappa shape index (κ2) is 3.93. The summed E-state index contributed by atoms with van der Waals surface area (Å²) in [7, 11) is 0. The molecule has 0 nitrogen and oxygen atoms in total. The summed E-state index contributed by atoms with van der Waals surface area (Å²) in [6, 6.07) is 0. The molecule has 0 aliphatic heterocycles. The van der Waals surface area contributed by atoms with Crippen molar-refractivity contribution in [3.05, 3.63) is 0 Å². The zero-order valence-electron chi connectivity index (χ0n) is 7.70. The van der Waals surface area contributed by atoms with Crippen LogP contribution in [-0.2, 0) is 0 Å². The Morgan fingerprint density at radius 2 is 2.18 bits per heavy atom. The second-order valence-electron chi connectivity index (χ2n) is 4.17. The smallest absolute Gasteiger partial charge is 0.00650 e. The van der Waals surface area contributed by atoms with E-state index in [2.05, 4.69) is 29.8 Å². The van der Waals surface area contributed by atoms with E-state index in [4.69, 9.17) is 0 Å². The first-order chi connectivity index (χ1) is 5.23. The molecule has 1 heteroatoms. The molecule has 11 heavy (non-hydrogen) atoms. The van der Waals surface area contributed by atoms with E-state index in [1.165, 1.54) is 37.4 Å². The molecular weight excluding hydrogens is 200 g/mol. The lowest BCUT2D eigenvalue weighted by atomic mass is 9.98. The third-order valence-corrected chi connectivity index (χ3v) is 3.86. The topological polar surface area (TPSA) is 0 Å². The number of hydrogen-bond acceptors (Lipinski definition) is 0. The van der Waals surface area contributed by atoms with Crippen LogP contribution in [0, 0.1) is 11.3 Å². The van der Waals surface area contributed by atoms with Gasteiger partial charge in [0.15, 0.2) is 0 Å². The highest BCUT2D eigenvalue weighted by atomic mass is 79.9. The predicted molar refractivity (Wildman–Crippen MR) is 54.2 cm³/mol. The first kappa shape index (κ1) is 9.57. The van der Waals surface area contributed by atoms with E-state index in [1.54, 1.807) is 0 Å². The number of unbranched alkanes of at least 4 members (excludes halogenated alkanes) is 2. The molecule has 0 heterocycles. The molecule has 0 aromatic carbocycles. The van der Waals surface area contributed by atoms with E-state index in [0.29, 0.717) is 0 Å². The van der Waals surface area contributed by atoms with Gasteiger partial charge in [-0.1, -0.05) is 49.0 Å². The Labute approximate surface area is 78.9 Å². The summed E-state index contributed by atoms with van der Waals surface area (Å²) in [6.07, 6.45) is 7.13. The molecule has 2 unspecified atom stereocenters. The van der Waals surface area contributed by atoms with E-state index in [1.807, 2.05) is 0 Å². The molecule has 1 saturated carbocycles. The molecule has 0 bridgehead atoms. The van der Waals surface area contributed by atoms with Crippen LogP contribution in [0.25, 0.3) is 0 Å². The fourth-order valence-electron chi connectivity index (χ4n) is 1.83. The lowest BCUT2D eigenvalue weighted by Gasteiger charge is -2.08. The van der Waals surface area contributed by atoms with Crippen LogP contribution in [-0.4, -0.2) is 5.33 Å². The predicted octanol–water partition coefficient (Wildman–Crippen LogP) is 3.99. The summed E-state index contributed by atoms with van der Waals surface area (Å²) in [4.78, 5) is 0. The van der Waals surface area contributed by atoms with Gasteiger partial charge in [0.25, 0.3) is 0 Å². The zero-order valence-corrected chi connectivity index (χ0v) is 9.28. The molecule has 2 atom stereocenters. The van der Waals surface area contributed by atoms with Crippen LogP contribution in [0.2, 0.25) is 0 Å². The fraction of sp³-hybridized carbons (Fsp3) is 1.00. The summed E-state index contributed by atoms with van der Waals surface area (Å²) in [5.41, 5.74) is 0.721. The summed E-state index contributed by atoms with van der Waals surface area (Å²) in [5.74, 6) is 0.986. The van der Waals surface area contributed by atoms with E-state index < -0.39 is 0 Å². The summed E-state index contributed by atoms with van der Waals surface area (Å²) in [6.45, 7) is 4.71. The van der Waals surface area contributed by atoms with Gasteiger partial charge >= 0.3 is 0 Å². The Bertz CT molecular complexity index is 122. The maximum atomic E-state index is 3.56. The standard InChI is InChI=1S/C10H19Br/c1-3-4-5-6-10(2)7-9(10)8-11/h9H,3-8H2,1-2H3. The third kappa shape index (κ3) is 2.47. The molecule has 1 rings (SSSR count). The lowest BCUT2D eigenvalue weighted by molar-refractivity contribution is 0.448. The Hall–Kier alpha value is 0.480. The van der Waals surface area contributed by atoms with Gasteiger partial charge in [-0.05, 0) is 24.2 Å².